The number of hydrogen-bond donors (Lipinski definition) is 2. The summed E-state index contributed by atoms with van der Waals surface area (Å²) < 4.78 is 2.66. The number of pyridine rings is 1. The number of nitrogens with zero attached hydrogens (tertiary/aromatic N) is 3. The lowest BCUT2D eigenvalue weighted by atomic mass is 10.1. The third-order valence-electron chi connectivity index (χ3n) is 5.09. The van der Waals surface area contributed by atoms with Gasteiger partial charge in [-0.3, -0.25) is 9.36 Å². The van der Waals surface area contributed by atoms with Gasteiger partial charge in [0, 0.05) is 23.7 Å². The predicted octanol–water partition coefficient (Wildman–Crippen LogP) is 2.68. The largest absolute Gasteiger partial charge is 0.351 e. The van der Waals surface area contributed by atoms with Crippen LogP contribution in [0.15, 0.2) is 17.1 Å². The van der Waals surface area contributed by atoms with Gasteiger partial charge in [0.2, 0.25) is 5.95 Å². The molecule has 1 saturated carbocycles. The highest BCUT2D eigenvalue weighted by Gasteiger charge is 2.22. The minimum Gasteiger partial charge on any atom is -0.351 e. The summed E-state index contributed by atoms with van der Waals surface area (Å²) in [6, 6.07) is 2.58. The number of halogens is 1. The van der Waals surface area contributed by atoms with Gasteiger partial charge in [-0.05, 0) is 67.4 Å². The average Bonchev–Trinajstić information content (AvgIpc) is 3.11. The highest BCUT2D eigenvalue weighted by Crippen LogP contribution is 2.30. The molecule has 6 nitrogen and oxygen atoms in total. The predicted molar refractivity (Wildman–Crippen MR) is 104 cm³/mol. The van der Waals surface area contributed by atoms with Crippen LogP contribution in [0, 0.1) is 3.57 Å². The van der Waals surface area contributed by atoms with Crippen LogP contribution in [0.1, 0.15) is 44.6 Å². The minimum atomic E-state index is 0.0847. The topological polar surface area (TPSA) is 71.8 Å². The van der Waals surface area contributed by atoms with Crippen LogP contribution in [-0.4, -0.2) is 33.7 Å². The summed E-state index contributed by atoms with van der Waals surface area (Å²) in [5.41, 5.74) is 0.861. The summed E-state index contributed by atoms with van der Waals surface area (Å²) in [6.45, 7) is 2.05. The SMILES string of the molecule is O=c1c(I)cc2cnc(NC3CCNCC3)nc2n1C1CCCC1. The number of hydrogen-bond acceptors (Lipinski definition) is 5. The molecule has 0 unspecified atom stereocenters. The lowest BCUT2D eigenvalue weighted by molar-refractivity contribution is 0.477. The van der Waals surface area contributed by atoms with Gasteiger partial charge in [0.25, 0.3) is 5.56 Å². The first-order valence-corrected chi connectivity index (χ1v) is 9.85. The van der Waals surface area contributed by atoms with E-state index in [0.29, 0.717) is 12.0 Å². The van der Waals surface area contributed by atoms with Gasteiger partial charge in [-0.25, -0.2) is 4.98 Å². The van der Waals surface area contributed by atoms with E-state index in [4.69, 9.17) is 4.98 Å². The maximum absolute atomic E-state index is 12.7. The summed E-state index contributed by atoms with van der Waals surface area (Å²) in [5, 5.41) is 7.75. The molecule has 24 heavy (non-hydrogen) atoms. The highest BCUT2D eigenvalue weighted by atomic mass is 127. The molecular formula is C17H22IN5O. The van der Waals surface area contributed by atoms with Crippen LogP contribution >= 0.6 is 22.6 Å². The standard InChI is InChI=1S/C17H22IN5O/c18-14-9-11-10-20-17(21-12-5-7-19-8-6-12)22-15(11)23(16(14)24)13-3-1-2-4-13/h9-10,12-13,19H,1-8H2,(H,20,21,22). The lowest BCUT2D eigenvalue weighted by Crippen LogP contribution is -2.35. The zero-order valence-electron chi connectivity index (χ0n) is 13.6. The Balaban J connectivity index is 1.75. The van der Waals surface area contributed by atoms with E-state index in [9.17, 15) is 4.79 Å². The average molecular weight is 439 g/mol. The van der Waals surface area contributed by atoms with E-state index in [0.717, 1.165) is 53.4 Å². The molecule has 7 heteroatoms. The summed E-state index contributed by atoms with van der Waals surface area (Å²) in [4.78, 5) is 21.9. The Morgan fingerprint density at radius 3 is 2.71 bits per heavy atom. The van der Waals surface area contributed by atoms with Gasteiger partial charge in [-0.1, -0.05) is 12.8 Å². The molecule has 2 fully saturated rings. The summed E-state index contributed by atoms with van der Waals surface area (Å²) in [5.74, 6) is 0.641. The summed E-state index contributed by atoms with van der Waals surface area (Å²) in [6.07, 6.45) is 8.50. The maximum Gasteiger partial charge on any atom is 0.265 e. The van der Waals surface area contributed by atoms with Gasteiger partial charge < -0.3 is 10.6 Å². The van der Waals surface area contributed by atoms with Crippen molar-refractivity contribution >= 4 is 39.6 Å². The highest BCUT2D eigenvalue weighted by molar-refractivity contribution is 14.1. The van der Waals surface area contributed by atoms with Gasteiger partial charge in [0.15, 0.2) is 0 Å². The normalized spacial score (nSPS) is 19.9. The molecule has 0 amide bonds. The number of fused-ring (bicyclic) bond motifs is 1. The van der Waals surface area contributed by atoms with Crippen molar-refractivity contribution in [1.82, 2.24) is 19.9 Å². The zero-order valence-corrected chi connectivity index (χ0v) is 15.8. The molecule has 2 aromatic rings. The van der Waals surface area contributed by atoms with E-state index in [1.165, 1.54) is 12.8 Å². The molecule has 0 atom stereocenters. The van der Waals surface area contributed by atoms with Gasteiger partial charge >= 0.3 is 0 Å². The second-order valence-electron chi connectivity index (χ2n) is 6.75. The molecule has 1 saturated heterocycles. The smallest absolute Gasteiger partial charge is 0.265 e. The Morgan fingerprint density at radius 1 is 1.21 bits per heavy atom. The second kappa shape index (κ2) is 6.95. The second-order valence-corrected chi connectivity index (χ2v) is 7.91. The zero-order chi connectivity index (χ0) is 16.5. The first-order chi connectivity index (χ1) is 11.7. The van der Waals surface area contributed by atoms with Crippen molar-refractivity contribution in [3.05, 3.63) is 26.2 Å². The van der Waals surface area contributed by atoms with Crippen LogP contribution in [-0.2, 0) is 0 Å². The molecule has 0 spiro atoms. The van der Waals surface area contributed by atoms with Crippen molar-refractivity contribution in [2.45, 2.75) is 50.6 Å². The third kappa shape index (κ3) is 3.15. The number of aromatic nitrogens is 3. The molecular weight excluding hydrogens is 417 g/mol. The molecule has 0 bridgehead atoms. The third-order valence-corrected chi connectivity index (χ3v) is 5.86. The van der Waals surface area contributed by atoms with Crippen molar-refractivity contribution in [3.8, 4) is 0 Å². The fourth-order valence-electron chi connectivity index (χ4n) is 3.81. The number of anilines is 1. The molecule has 4 rings (SSSR count). The van der Waals surface area contributed by atoms with Crippen LogP contribution in [0.5, 0.6) is 0 Å². The van der Waals surface area contributed by atoms with Crippen LogP contribution in [0.25, 0.3) is 11.0 Å². The molecule has 2 aliphatic rings. The Morgan fingerprint density at radius 2 is 1.96 bits per heavy atom. The Kier molecular flexibility index (Phi) is 4.71. The maximum atomic E-state index is 12.7. The fourth-order valence-corrected chi connectivity index (χ4v) is 4.40. The van der Waals surface area contributed by atoms with Gasteiger partial charge in [-0.2, -0.15) is 4.98 Å². The molecule has 2 aromatic heterocycles. The van der Waals surface area contributed by atoms with Crippen molar-refractivity contribution in [3.63, 3.8) is 0 Å². The Hall–Kier alpha value is -1.22. The quantitative estimate of drug-likeness (QED) is 0.720. The fraction of sp³-hybridized carbons (Fsp3) is 0.588. The van der Waals surface area contributed by atoms with Crippen molar-refractivity contribution in [2.24, 2.45) is 0 Å². The van der Waals surface area contributed by atoms with Crippen molar-refractivity contribution in [1.29, 1.82) is 0 Å². The number of nitrogens with one attached hydrogen (secondary N) is 2. The molecule has 128 valence electrons. The number of piperidine rings is 1. The Bertz CT molecular complexity index is 793. The van der Waals surface area contributed by atoms with E-state index in [1.807, 2.05) is 16.8 Å². The van der Waals surface area contributed by atoms with Crippen molar-refractivity contribution in [2.75, 3.05) is 18.4 Å². The first kappa shape index (κ1) is 16.3. The molecule has 0 aromatic carbocycles. The first-order valence-electron chi connectivity index (χ1n) is 8.77. The Labute approximate surface area is 154 Å². The van der Waals surface area contributed by atoms with Crippen LogP contribution in [0.4, 0.5) is 5.95 Å². The van der Waals surface area contributed by atoms with E-state index >= 15 is 0 Å². The van der Waals surface area contributed by atoms with Gasteiger partial charge in [0.05, 0.1) is 3.57 Å². The van der Waals surface area contributed by atoms with Crippen molar-refractivity contribution < 1.29 is 0 Å². The minimum absolute atomic E-state index is 0.0847. The van der Waals surface area contributed by atoms with Crippen LogP contribution in [0.2, 0.25) is 0 Å². The molecule has 3 heterocycles. The van der Waals surface area contributed by atoms with Gasteiger partial charge in [-0.15, -0.1) is 0 Å². The molecule has 1 aliphatic heterocycles. The van der Waals surface area contributed by atoms with Crippen LogP contribution in [0.3, 0.4) is 0 Å². The summed E-state index contributed by atoms with van der Waals surface area (Å²) in [7, 11) is 0. The van der Waals surface area contributed by atoms with E-state index < -0.39 is 0 Å². The van der Waals surface area contributed by atoms with E-state index in [-0.39, 0.29) is 11.6 Å². The van der Waals surface area contributed by atoms with Crippen LogP contribution < -0.4 is 16.2 Å². The van der Waals surface area contributed by atoms with Gasteiger partial charge in [0.1, 0.15) is 5.65 Å². The lowest BCUT2D eigenvalue weighted by Gasteiger charge is -2.24. The number of rotatable bonds is 3. The monoisotopic (exact) mass is 439 g/mol. The van der Waals surface area contributed by atoms with E-state index in [1.54, 1.807) is 0 Å². The molecule has 0 radical (unpaired) electrons. The molecule has 1 aliphatic carbocycles. The molecule has 2 N–H and O–H groups in total. The van der Waals surface area contributed by atoms with E-state index in [2.05, 4.69) is 38.2 Å². The summed E-state index contributed by atoms with van der Waals surface area (Å²) >= 11 is 2.13.